The summed E-state index contributed by atoms with van der Waals surface area (Å²) in [6.45, 7) is 1.98. The van der Waals surface area contributed by atoms with Gasteiger partial charge in [-0.15, -0.1) is 11.3 Å². The SMILES string of the molecule is Cc1cnc(-c2ccc(S(=O)(=O)N(c3ccccc3)c3nc4cc(Cl)ccc4o3)cc2)s1. The Hall–Kier alpha value is -3.20. The van der Waals surface area contributed by atoms with Crippen molar-refractivity contribution in [2.45, 2.75) is 11.8 Å². The molecule has 0 bridgehead atoms. The molecule has 0 aliphatic carbocycles. The number of para-hydroxylation sites is 1. The Morgan fingerprint density at radius 2 is 1.75 bits per heavy atom. The van der Waals surface area contributed by atoms with Gasteiger partial charge in [-0.1, -0.05) is 41.9 Å². The first-order valence-electron chi connectivity index (χ1n) is 9.61. The van der Waals surface area contributed by atoms with E-state index in [1.165, 1.54) is 0 Å². The lowest BCUT2D eigenvalue weighted by Gasteiger charge is -2.20. The van der Waals surface area contributed by atoms with Gasteiger partial charge in [0, 0.05) is 21.7 Å². The number of fused-ring (bicyclic) bond motifs is 1. The monoisotopic (exact) mass is 481 g/mol. The van der Waals surface area contributed by atoms with Gasteiger partial charge < -0.3 is 4.42 Å². The van der Waals surface area contributed by atoms with Crippen LogP contribution >= 0.6 is 22.9 Å². The molecular formula is C23H16ClN3O3S2. The summed E-state index contributed by atoms with van der Waals surface area (Å²) in [5.74, 6) is 0. The fraction of sp³-hybridized carbons (Fsp3) is 0.0435. The summed E-state index contributed by atoms with van der Waals surface area (Å²) in [6.07, 6.45) is 1.79. The lowest BCUT2D eigenvalue weighted by atomic mass is 10.2. The molecule has 0 saturated heterocycles. The molecule has 2 aromatic heterocycles. The van der Waals surface area contributed by atoms with Gasteiger partial charge in [-0.05, 0) is 49.4 Å². The van der Waals surface area contributed by atoms with E-state index in [-0.39, 0.29) is 10.9 Å². The molecule has 6 nitrogen and oxygen atoms in total. The van der Waals surface area contributed by atoms with Gasteiger partial charge in [-0.2, -0.15) is 9.29 Å². The molecule has 5 aromatic rings. The van der Waals surface area contributed by atoms with Crippen molar-refractivity contribution in [3.8, 4) is 10.6 Å². The minimum absolute atomic E-state index is 0.0620. The van der Waals surface area contributed by atoms with Crippen molar-refractivity contribution >= 4 is 55.8 Å². The number of nitrogens with zero attached hydrogens (tertiary/aromatic N) is 3. The van der Waals surface area contributed by atoms with Crippen LogP contribution in [0.25, 0.3) is 21.7 Å². The van der Waals surface area contributed by atoms with Gasteiger partial charge in [0.1, 0.15) is 10.5 Å². The Balaban J connectivity index is 1.61. The number of halogens is 1. The zero-order valence-corrected chi connectivity index (χ0v) is 19.2. The maximum atomic E-state index is 13.7. The Labute approximate surface area is 193 Å². The quantitative estimate of drug-likeness (QED) is 0.288. The largest absolute Gasteiger partial charge is 0.422 e. The van der Waals surface area contributed by atoms with Crippen LogP contribution in [0.1, 0.15) is 4.88 Å². The van der Waals surface area contributed by atoms with Crippen LogP contribution in [-0.2, 0) is 10.0 Å². The molecule has 0 spiro atoms. The number of hydrogen-bond acceptors (Lipinski definition) is 6. The molecule has 0 saturated carbocycles. The van der Waals surface area contributed by atoms with Crippen LogP contribution in [0.5, 0.6) is 0 Å². The molecule has 3 aromatic carbocycles. The Morgan fingerprint density at radius 1 is 1.00 bits per heavy atom. The zero-order chi connectivity index (χ0) is 22.3. The number of benzene rings is 3. The molecule has 0 unspecified atom stereocenters. The normalized spacial score (nSPS) is 11.7. The van der Waals surface area contributed by atoms with Crippen LogP contribution in [0.15, 0.2) is 88.3 Å². The first-order valence-corrected chi connectivity index (χ1v) is 12.2. The lowest BCUT2D eigenvalue weighted by molar-refractivity contribution is 0.578. The molecule has 160 valence electrons. The standard InChI is InChI=1S/C23H16ClN3O3S2/c1-15-14-25-22(31-15)16-7-10-19(11-8-16)32(28,29)27(18-5-3-2-4-6-18)23-26-20-13-17(24)9-12-21(20)30-23/h2-14H,1H3. The molecule has 0 N–H and O–H groups in total. The van der Waals surface area contributed by atoms with Crippen LogP contribution < -0.4 is 4.31 Å². The highest BCUT2D eigenvalue weighted by atomic mass is 35.5. The fourth-order valence-corrected chi connectivity index (χ4v) is 5.56. The number of rotatable bonds is 5. The highest BCUT2D eigenvalue weighted by Gasteiger charge is 2.31. The predicted molar refractivity (Wildman–Crippen MR) is 127 cm³/mol. The highest BCUT2D eigenvalue weighted by Crippen LogP contribution is 2.35. The highest BCUT2D eigenvalue weighted by molar-refractivity contribution is 7.93. The van der Waals surface area contributed by atoms with Crippen molar-refractivity contribution < 1.29 is 12.8 Å². The van der Waals surface area contributed by atoms with Crippen molar-refractivity contribution in [3.63, 3.8) is 0 Å². The van der Waals surface area contributed by atoms with Crippen LogP contribution in [0.4, 0.5) is 11.7 Å². The molecule has 2 heterocycles. The van der Waals surface area contributed by atoms with Crippen LogP contribution in [0.3, 0.4) is 0 Å². The van der Waals surface area contributed by atoms with E-state index in [4.69, 9.17) is 16.0 Å². The van der Waals surface area contributed by atoms with Gasteiger partial charge in [0.2, 0.25) is 0 Å². The maximum Gasteiger partial charge on any atom is 0.317 e. The number of sulfonamides is 1. The molecule has 0 aliphatic rings. The van der Waals surface area contributed by atoms with Crippen molar-refractivity contribution in [1.29, 1.82) is 0 Å². The topological polar surface area (TPSA) is 76.3 Å². The van der Waals surface area contributed by atoms with Crippen molar-refractivity contribution in [2.75, 3.05) is 4.31 Å². The summed E-state index contributed by atoms with van der Waals surface area (Å²) in [7, 11) is -4.03. The number of thiazole rings is 1. The Bertz CT molecular complexity index is 1510. The molecule has 0 aliphatic heterocycles. The van der Waals surface area contributed by atoms with Crippen molar-refractivity contribution in [2.24, 2.45) is 0 Å². The van der Waals surface area contributed by atoms with Gasteiger partial charge in [0.15, 0.2) is 5.58 Å². The van der Waals surface area contributed by atoms with E-state index in [1.54, 1.807) is 84.3 Å². The van der Waals surface area contributed by atoms with Crippen molar-refractivity contribution in [3.05, 3.63) is 88.9 Å². The average molecular weight is 482 g/mol. The van der Waals surface area contributed by atoms with E-state index in [9.17, 15) is 8.42 Å². The number of oxazole rings is 1. The van der Waals surface area contributed by atoms with Crippen molar-refractivity contribution in [1.82, 2.24) is 9.97 Å². The zero-order valence-electron chi connectivity index (χ0n) is 16.8. The first-order chi connectivity index (χ1) is 15.4. The lowest BCUT2D eigenvalue weighted by Crippen LogP contribution is -2.26. The molecule has 9 heteroatoms. The number of aromatic nitrogens is 2. The van der Waals surface area contributed by atoms with Gasteiger partial charge >= 0.3 is 6.01 Å². The second-order valence-electron chi connectivity index (χ2n) is 7.01. The third-order valence-electron chi connectivity index (χ3n) is 4.76. The summed E-state index contributed by atoms with van der Waals surface area (Å²) in [6, 6.07) is 20.2. The number of hydrogen-bond donors (Lipinski definition) is 0. The van der Waals surface area contributed by atoms with Crippen LogP contribution in [0.2, 0.25) is 5.02 Å². The molecule has 0 amide bonds. The fourth-order valence-electron chi connectivity index (χ4n) is 3.25. The van der Waals surface area contributed by atoms with Gasteiger partial charge in [-0.3, -0.25) is 0 Å². The Morgan fingerprint density at radius 3 is 2.44 bits per heavy atom. The second kappa shape index (κ2) is 8.05. The van der Waals surface area contributed by atoms with E-state index in [0.717, 1.165) is 19.8 Å². The van der Waals surface area contributed by atoms with Gasteiger partial charge in [0.05, 0.1) is 10.6 Å². The smallest absolute Gasteiger partial charge is 0.317 e. The molecule has 0 atom stereocenters. The molecular weight excluding hydrogens is 466 g/mol. The predicted octanol–water partition coefficient (Wildman–Crippen LogP) is 6.44. The van der Waals surface area contributed by atoms with Gasteiger partial charge in [0.25, 0.3) is 10.0 Å². The van der Waals surface area contributed by atoms with E-state index in [0.29, 0.717) is 21.8 Å². The third-order valence-corrected chi connectivity index (χ3v) is 7.68. The molecule has 0 fully saturated rings. The molecule has 32 heavy (non-hydrogen) atoms. The number of aryl methyl sites for hydroxylation is 1. The summed E-state index contributed by atoms with van der Waals surface area (Å²) >= 11 is 7.61. The summed E-state index contributed by atoms with van der Waals surface area (Å²) in [4.78, 5) is 9.96. The van der Waals surface area contributed by atoms with E-state index >= 15 is 0 Å². The minimum atomic E-state index is -4.03. The summed E-state index contributed by atoms with van der Waals surface area (Å²) in [5, 5.41) is 1.32. The molecule has 5 rings (SSSR count). The van der Waals surface area contributed by atoms with Crippen LogP contribution in [-0.4, -0.2) is 18.4 Å². The second-order valence-corrected chi connectivity index (χ2v) is 10.5. The maximum absolute atomic E-state index is 13.7. The van der Waals surface area contributed by atoms with Gasteiger partial charge in [-0.25, -0.2) is 13.4 Å². The first kappa shape index (κ1) is 20.7. The van der Waals surface area contributed by atoms with Crippen LogP contribution in [0, 0.1) is 6.92 Å². The molecule has 0 radical (unpaired) electrons. The summed E-state index contributed by atoms with van der Waals surface area (Å²) < 4.78 is 34.3. The van der Waals surface area contributed by atoms with E-state index < -0.39 is 10.0 Å². The van der Waals surface area contributed by atoms with E-state index in [2.05, 4.69) is 9.97 Å². The average Bonchev–Trinajstić information content (AvgIpc) is 3.40. The third kappa shape index (κ3) is 3.77. The summed E-state index contributed by atoms with van der Waals surface area (Å²) in [5.41, 5.74) is 2.17. The Kier molecular flexibility index (Phi) is 5.21. The number of anilines is 2. The minimum Gasteiger partial charge on any atom is -0.422 e. The van der Waals surface area contributed by atoms with E-state index in [1.807, 2.05) is 13.0 Å².